The van der Waals surface area contributed by atoms with E-state index in [0.717, 1.165) is 23.1 Å². The summed E-state index contributed by atoms with van der Waals surface area (Å²) in [6.45, 7) is 2.28. The van der Waals surface area contributed by atoms with Crippen molar-refractivity contribution in [2.24, 2.45) is 17.8 Å². The molecular formula is C25H31F3O. The lowest BCUT2D eigenvalue weighted by Gasteiger charge is -2.42. The average molecular weight is 405 g/mol. The third-order valence-electron chi connectivity index (χ3n) is 7.25. The lowest BCUT2D eigenvalue weighted by atomic mass is 9.63. The molecule has 4 atom stereocenters. The molecular weight excluding hydrogens is 373 g/mol. The van der Waals surface area contributed by atoms with Crippen molar-refractivity contribution in [2.75, 3.05) is 0 Å². The Balaban J connectivity index is 1.46. The summed E-state index contributed by atoms with van der Waals surface area (Å²) in [5, 5.41) is 1.35. The Morgan fingerprint density at radius 3 is 2.55 bits per heavy atom. The predicted molar refractivity (Wildman–Crippen MR) is 111 cm³/mol. The molecule has 0 saturated heterocycles. The second kappa shape index (κ2) is 8.57. The highest BCUT2D eigenvalue weighted by Gasteiger charge is 2.36. The quantitative estimate of drug-likeness (QED) is 0.488. The normalized spacial score (nSPS) is 27.6. The van der Waals surface area contributed by atoms with Gasteiger partial charge in [-0.05, 0) is 72.8 Å². The molecule has 0 heterocycles. The maximum absolute atomic E-state index is 12.7. The van der Waals surface area contributed by atoms with Gasteiger partial charge < -0.3 is 4.74 Å². The fourth-order valence-corrected chi connectivity index (χ4v) is 5.78. The van der Waals surface area contributed by atoms with Crippen LogP contribution in [0.25, 0.3) is 10.8 Å². The summed E-state index contributed by atoms with van der Waals surface area (Å²) in [6.07, 6.45) is 7.27. The predicted octanol–water partition coefficient (Wildman–Crippen LogP) is 8.23. The Bertz CT molecular complexity index is 828. The Hall–Kier alpha value is -1.71. The SMILES string of the molecule is CCCCC1CCC2CC(c3ccc4c(OC(F)(F)F)cccc4c3)CCC2C1. The van der Waals surface area contributed by atoms with Gasteiger partial charge in [-0.15, -0.1) is 13.2 Å². The second-order valence-electron chi connectivity index (χ2n) is 9.14. The summed E-state index contributed by atoms with van der Waals surface area (Å²) in [6, 6.07) is 10.8. The number of ether oxygens (including phenoxy) is 1. The van der Waals surface area contributed by atoms with Crippen LogP contribution in [-0.4, -0.2) is 6.36 Å². The summed E-state index contributed by atoms with van der Waals surface area (Å²) in [7, 11) is 0. The van der Waals surface area contributed by atoms with E-state index in [9.17, 15) is 13.2 Å². The number of benzene rings is 2. The van der Waals surface area contributed by atoms with E-state index in [0.29, 0.717) is 11.3 Å². The van der Waals surface area contributed by atoms with Crippen molar-refractivity contribution in [3.05, 3.63) is 42.0 Å². The topological polar surface area (TPSA) is 9.23 Å². The molecule has 0 bridgehead atoms. The first kappa shape index (κ1) is 20.6. The summed E-state index contributed by atoms with van der Waals surface area (Å²) in [5.41, 5.74) is 1.27. The number of halogens is 3. The maximum atomic E-state index is 12.7. The van der Waals surface area contributed by atoms with Crippen LogP contribution in [0.5, 0.6) is 5.75 Å². The highest BCUT2D eigenvalue weighted by molar-refractivity contribution is 5.89. The Morgan fingerprint density at radius 2 is 1.76 bits per heavy atom. The van der Waals surface area contributed by atoms with E-state index >= 15 is 0 Å². The van der Waals surface area contributed by atoms with Gasteiger partial charge in [0.05, 0.1) is 0 Å². The van der Waals surface area contributed by atoms with E-state index in [1.54, 1.807) is 12.1 Å². The minimum Gasteiger partial charge on any atom is -0.405 e. The molecule has 2 saturated carbocycles. The highest BCUT2D eigenvalue weighted by Crippen LogP contribution is 2.48. The second-order valence-corrected chi connectivity index (χ2v) is 9.14. The van der Waals surface area contributed by atoms with Crippen molar-refractivity contribution in [3.63, 3.8) is 0 Å². The zero-order valence-corrected chi connectivity index (χ0v) is 17.2. The molecule has 0 aliphatic heterocycles. The van der Waals surface area contributed by atoms with Crippen LogP contribution in [-0.2, 0) is 0 Å². The van der Waals surface area contributed by atoms with E-state index in [1.165, 1.54) is 69.4 Å². The third kappa shape index (κ3) is 4.90. The number of alkyl halides is 3. The van der Waals surface area contributed by atoms with Crippen molar-refractivity contribution in [1.82, 2.24) is 0 Å². The van der Waals surface area contributed by atoms with E-state index in [1.807, 2.05) is 12.1 Å². The van der Waals surface area contributed by atoms with E-state index in [4.69, 9.17) is 0 Å². The summed E-state index contributed by atoms with van der Waals surface area (Å²) >= 11 is 0. The van der Waals surface area contributed by atoms with Gasteiger partial charge in [0.2, 0.25) is 0 Å². The lowest BCUT2D eigenvalue weighted by molar-refractivity contribution is -0.274. The first-order chi connectivity index (χ1) is 13.9. The Labute approximate surface area is 171 Å². The molecule has 4 heteroatoms. The molecule has 2 aliphatic carbocycles. The summed E-state index contributed by atoms with van der Waals surface area (Å²) in [4.78, 5) is 0. The minimum absolute atomic E-state index is 0.115. The van der Waals surface area contributed by atoms with Crippen LogP contribution in [0.15, 0.2) is 36.4 Å². The number of unbranched alkanes of at least 4 members (excludes halogenated alkanes) is 1. The number of fused-ring (bicyclic) bond motifs is 2. The minimum atomic E-state index is -4.67. The number of rotatable bonds is 5. The van der Waals surface area contributed by atoms with Gasteiger partial charge in [0, 0.05) is 5.39 Å². The van der Waals surface area contributed by atoms with Gasteiger partial charge in [0.15, 0.2) is 0 Å². The average Bonchev–Trinajstić information content (AvgIpc) is 2.70. The fourth-order valence-electron chi connectivity index (χ4n) is 5.78. The molecule has 0 aromatic heterocycles. The first-order valence-electron chi connectivity index (χ1n) is 11.2. The third-order valence-corrected chi connectivity index (χ3v) is 7.25. The van der Waals surface area contributed by atoms with Gasteiger partial charge >= 0.3 is 6.36 Å². The smallest absolute Gasteiger partial charge is 0.405 e. The zero-order valence-electron chi connectivity index (χ0n) is 17.2. The standard InChI is InChI=1S/C25H31F3O/c1-2-3-5-17-8-9-19-15-20(11-10-18(19)14-17)21-12-13-23-22(16-21)6-4-7-24(23)29-25(26,27)28/h4,6-7,12-13,16-20H,2-3,5,8-11,14-15H2,1H3. The first-order valence-corrected chi connectivity index (χ1v) is 11.2. The molecule has 1 nitrogen and oxygen atoms in total. The van der Waals surface area contributed by atoms with Crippen LogP contribution in [0.4, 0.5) is 13.2 Å². The largest absolute Gasteiger partial charge is 0.573 e. The molecule has 2 aliphatic rings. The Morgan fingerprint density at radius 1 is 0.966 bits per heavy atom. The molecule has 0 N–H and O–H groups in total. The zero-order chi connectivity index (χ0) is 20.4. The fraction of sp³-hybridized carbons (Fsp3) is 0.600. The van der Waals surface area contributed by atoms with Gasteiger partial charge in [0.1, 0.15) is 5.75 Å². The lowest BCUT2D eigenvalue weighted by Crippen LogP contribution is -2.30. The number of hydrogen-bond acceptors (Lipinski definition) is 1. The summed E-state index contributed by atoms with van der Waals surface area (Å²) in [5.74, 6) is 3.05. The molecule has 0 spiro atoms. The molecule has 158 valence electrons. The van der Waals surface area contributed by atoms with Gasteiger partial charge in [-0.25, -0.2) is 0 Å². The van der Waals surface area contributed by atoms with Crippen molar-refractivity contribution >= 4 is 10.8 Å². The van der Waals surface area contributed by atoms with Crippen LogP contribution < -0.4 is 4.74 Å². The van der Waals surface area contributed by atoms with Crippen molar-refractivity contribution < 1.29 is 17.9 Å². The van der Waals surface area contributed by atoms with Gasteiger partial charge in [-0.2, -0.15) is 0 Å². The van der Waals surface area contributed by atoms with Crippen molar-refractivity contribution in [1.29, 1.82) is 0 Å². The molecule has 29 heavy (non-hydrogen) atoms. The van der Waals surface area contributed by atoms with E-state index in [-0.39, 0.29) is 5.75 Å². The number of hydrogen-bond donors (Lipinski definition) is 0. The van der Waals surface area contributed by atoms with E-state index < -0.39 is 6.36 Å². The molecule has 2 fully saturated rings. The molecule has 4 unspecified atom stereocenters. The van der Waals surface area contributed by atoms with Crippen molar-refractivity contribution in [3.8, 4) is 5.75 Å². The van der Waals surface area contributed by atoms with Gasteiger partial charge in [-0.1, -0.05) is 62.9 Å². The van der Waals surface area contributed by atoms with Crippen molar-refractivity contribution in [2.45, 2.75) is 77.0 Å². The van der Waals surface area contributed by atoms with E-state index in [2.05, 4.69) is 17.7 Å². The van der Waals surface area contributed by atoms with Crippen LogP contribution in [0, 0.1) is 17.8 Å². The molecule has 2 aromatic rings. The Kier molecular flexibility index (Phi) is 6.08. The summed E-state index contributed by atoms with van der Waals surface area (Å²) < 4.78 is 42.2. The van der Waals surface area contributed by atoms with Gasteiger partial charge in [-0.3, -0.25) is 0 Å². The molecule has 0 radical (unpaired) electrons. The van der Waals surface area contributed by atoms with Crippen LogP contribution >= 0.6 is 0 Å². The molecule has 2 aromatic carbocycles. The molecule has 4 rings (SSSR count). The highest BCUT2D eigenvalue weighted by atomic mass is 19.4. The van der Waals surface area contributed by atoms with Crippen LogP contribution in [0.1, 0.15) is 76.2 Å². The van der Waals surface area contributed by atoms with Crippen LogP contribution in [0.3, 0.4) is 0 Å². The van der Waals surface area contributed by atoms with Gasteiger partial charge in [0.25, 0.3) is 0 Å². The van der Waals surface area contributed by atoms with Crippen LogP contribution in [0.2, 0.25) is 0 Å². The maximum Gasteiger partial charge on any atom is 0.573 e. The molecule has 0 amide bonds. The monoisotopic (exact) mass is 404 g/mol.